The summed E-state index contributed by atoms with van der Waals surface area (Å²) in [6.45, 7) is 4.97. The number of ether oxygens (including phenoxy) is 1. The zero-order valence-electron chi connectivity index (χ0n) is 6.39. The Morgan fingerprint density at radius 1 is 1.80 bits per heavy atom. The molecule has 0 saturated carbocycles. The Morgan fingerprint density at radius 3 is 2.60 bits per heavy atom. The number of hydrogen-bond acceptors (Lipinski definition) is 2. The highest BCUT2D eigenvalue weighted by Crippen LogP contribution is 2.32. The van der Waals surface area contributed by atoms with E-state index in [1.54, 1.807) is 0 Å². The maximum absolute atomic E-state index is 10.9. The van der Waals surface area contributed by atoms with E-state index in [0.717, 1.165) is 0 Å². The molecular weight excluding hydrogens is 130 g/mol. The first kappa shape index (κ1) is 7.54. The molecule has 1 heterocycles. The Labute approximate surface area is 60.5 Å². The first-order chi connectivity index (χ1) is 4.57. The van der Waals surface area contributed by atoms with Crippen LogP contribution in [-0.4, -0.2) is 19.1 Å². The molecule has 3 heteroatoms. The van der Waals surface area contributed by atoms with Crippen molar-refractivity contribution in [2.24, 2.45) is 17.1 Å². The second-order valence-electron chi connectivity index (χ2n) is 3.20. The molecule has 1 saturated heterocycles. The molecule has 2 N–H and O–H groups in total. The normalized spacial score (nSPS) is 40.0. The molecule has 10 heavy (non-hydrogen) atoms. The summed E-state index contributed by atoms with van der Waals surface area (Å²) in [6, 6.07) is 0. The number of carbonyl (C=O) groups is 1. The molecule has 0 aromatic rings. The molecule has 1 aliphatic heterocycles. The van der Waals surface area contributed by atoms with Crippen LogP contribution in [0.15, 0.2) is 0 Å². The van der Waals surface area contributed by atoms with Crippen molar-refractivity contribution in [3.05, 3.63) is 0 Å². The van der Waals surface area contributed by atoms with Crippen molar-refractivity contribution in [3.63, 3.8) is 0 Å². The van der Waals surface area contributed by atoms with Crippen molar-refractivity contribution < 1.29 is 9.53 Å². The van der Waals surface area contributed by atoms with Crippen LogP contribution in [0.25, 0.3) is 0 Å². The Kier molecular flexibility index (Phi) is 1.68. The fraction of sp³-hybridized carbons (Fsp3) is 0.857. The molecule has 2 unspecified atom stereocenters. The number of primary amides is 1. The molecule has 2 atom stereocenters. The maximum atomic E-state index is 10.9. The Morgan fingerprint density at radius 2 is 2.40 bits per heavy atom. The van der Waals surface area contributed by atoms with Gasteiger partial charge in [0.15, 0.2) is 0 Å². The molecule has 58 valence electrons. The van der Waals surface area contributed by atoms with E-state index in [4.69, 9.17) is 10.5 Å². The van der Waals surface area contributed by atoms with E-state index >= 15 is 0 Å². The first-order valence-corrected chi connectivity index (χ1v) is 3.45. The molecule has 1 fully saturated rings. The summed E-state index contributed by atoms with van der Waals surface area (Å²) in [6.07, 6.45) is 0. The van der Waals surface area contributed by atoms with Gasteiger partial charge in [-0.2, -0.15) is 0 Å². The topological polar surface area (TPSA) is 52.3 Å². The van der Waals surface area contributed by atoms with Crippen LogP contribution < -0.4 is 5.73 Å². The summed E-state index contributed by atoms with van der Waals surface area (Å²) in [5.41, 5.74) is 4.77. The van der Waals surface area contributed by atoms with Crippen molar-refractivity contribution in [1.29, 1.82) is 0 Å². The molecule has 1 aliphatic rings. The number of carbonyl (C=O) groups excluding carboxylic acids is 1. The number of hydrogen-bond donors (Lipinski definition) is 1. The second-order valence-corrected chi connectivity index (χ2v) is 3.20. The van der Waals surface area contributed by atoms with Crippen LogP contribution in [0, 0.1) is 11.3 Å². The minimum atomic E-state index is -0.431. The lowest BCUT2D eigenvalue weighted by molar-refractivity contribution is -0.128. The van der Waals surface area contributed by atoms with E-state index in [2.05, 4.69) is 0 Å². The fourth-order valence-corrected chi connectivity index (χ4v) is 1.09. The van der Waals surface area contributed by atoms with Crippen LogP contribution in [0.2, 0.25) is 0 Å². The van der Waals surface area contributed by atoms with E-state index < -0.39 is 5.41 Å². The van der Waals surface area contributed by atoms with Gasteiger partial charge in [0.2, 0.25) is 5.91 Å². The van der Waals surface area contributed by atoms with Gasteiger partial charge >= 0.3 is 0 Å². The van der Waals surface area contributed by atoms with Crippen LogP contribution in [0.1, 0.15) is 13.8 Å². The molecule has 0 bridgehead atoms. The monoisotopic (exact) mass is 143 g/mol. The highest BCUT2D eigenvalue weighted by atomic mass is 16.5. The van der Waals surface area contributed by atoms with Crippen LogP contribution in [0.3, 0.4) is 0 Å². The molecular formula is C7H13NO2. The van der Waals surface area contributed by atoms with Gasteiger partial charge in [0.25, 0.3) is 0 Å². The average molecular weight is 143 g/mol. The SMILES string of the molecule is CC1COCC1(C)C(N)=O. The average Bonchev–Trinajstić information content (AvgIpc) is 2.15. The maximum Gasteiger partial charge on any atom is 0.226 e. The van der Waals surface area contributed by atoms with Gasteiger partial charge in [-0.1, -0.05) is 6.92 Å². The summed E-state index contributed by atoms with van der Waals surface area (Å²) in [5, 5.41) is 0. The van der Waals surface area contributed by atoms with Gasteiger partial charge in [0, 0.05) is 0 Å². The van der Waals surface area contributed by atoms with E-state index in [9.17, 15) is 4.79 Å². The van der Waals surface area contributed by atoms with Crippen molar-refractivity contribution in [2.75, 3.05) is 13.2 Å². The Balaban J connectivity index is 2.75. The van der Waals surface area contributed by atoms with Gasteiger partial charge in [0.05, 0.1) is 18.6 Å². The molecule has 3 nitrogen and oxygen atoms in total. The van der Waals surface area contributed by atoms with Gasteiger partial charge in [-0.3, -0.25) is 4.79 Å². The van der Waals surface area contributed by atoms with Gasteiger partial charge < -0.3 is 10.5 Å². The van der Waals surface area contributed by atoms with E-state index in [1.807, 2.05) is 13.8 Å². The minimum absolute atomic E-state index is 0.252. The third-order valence-electron chi connectivity index (χ3n) is 2.42. The lowest BCUT2D eigenvalue weighted by Crippen LogP contribution is -2.39. The quantitative estimate of drug-likeness (QED) is 0.567. The third-order valence-corrected chi connectivity index (χ3v) is 2.42. The summed E-state index contributed by atoms with van der Waals surface area (Å²) in [5.74, 6) is 0.00231. The van der Waals surface area contributed by atoms with Gasteiger partial charge in [-0.15, -0.1) is 0 Å². The number of amides is 1. The molecule has 0 aromatic carbocycles. The van der Waals surface area contributed by atoms with Gasteiger partial charge in [-0.25, -0.2) is 0 Å². The second kappa shape index (κ2) is 2.23. The number of nitrogens with two attached hydrogens (primary N) is 1. The lowest BCUT2D eigenvalue weighted by atomic mass is 9.81. The van der Waals surface area contributed by atoms with E-state index in [1.165, 1.54) is 0 Å². The molecule has 1 amide bonds. The summed E-state index contributed by atoms with van der Waals surface area (Å²) < 4.78 is 5.13. The summed E-state index contributed by atoms with van der Waals surface area (Å²) in [7, 11) is 0. The Hall–Kier alpha value is -0.570. The van der Waals surface area contributed by atoms with E-state index in [0.29, 0.717) is 13.2 Å². The molecule has 0 spiro atoms. The smallest absolute Gasteiger partial charge is 0.226 e. The molecule has 0 aromatic heterocycles. The van der Waals surface area contributed by atoms with Crippen LogP contribution in [0.5, 0.6) is 0 Å². The fourth-order valence-electron chi connectivity index (χ4n) is 1.09. The predicted molar refractivity (Wildman–Crippen MR) is 37.3 cm³/mol. The summed E-state index contributed by atoms with van der Waals surface area (Å²) >= 11 is 0. The zero-order valence-corrected chi connectivity index (χ0v) is 6.39. The largest absolute Gasteiger partial charge is 0.380 e. The minimum Gasteiger partial charge on any atom is -0.380 e. The predicted octanol–water partition coefficient (Wildman–Crippen LogP) is 0.144. The molecule has 0 radical (unpaired) electrons. The highest BCUT2D eigenvalue weighted by molar-refractivity contribution is 5.81. The van der Waals surface area contributed by atoms with Crippen LogP contribution in [0.4, 0.5) is 0 Å². The molecule has 0 aliphatic carbocycles. The van der Waals surface area contributed by atoms with Crippen molar-refractivity contribution in [3.8, 4) is 0 Å². The highest BCUT2D eigenvalue weighted by Gasteiger charge is 2.41. The summed E-state index contributed by atoms with van der Waals surface area (Å²) in [4.78, 5) is 10.9. The lowest BCUT2D eigenvalue weighted by Gasteiger charge is -2.21. The van der Waals surface area contributed by atoms with Crippen LogP contribution >= 0.6 is 0 Å². The van der Waals surface area contributed by atoms with Gasteiger partial charge in [0.1, 0.15) is 0 Å². The van der Waals surface area contributed by atoms with Crippen molar-refractivity contribution >= 4 is 5.91 Å². The van der Waals surface area contributed by atoms with Crippen molar-refractivity contribution in [2.45, 2.75) is 13.8 Å². The van der Waals surface area contributed by atoms with E-state index in [-0.39, 0.29) is 11.8 Å². The van der Waals surface area contributed by atoms with Crippen molar-refractivity contribution in [1.82, 2.24) is 0 Å². The third kappa shape index (κ3) is 0.904. The van der Waals surface area contributed by atoms with Crippen LogP contribution in [-0.2, 0) is 9.53 Å². The first-order valence-electron chi connectivity index (χ1n) is 3.45. The Bertz CT molecular complexity index is 158. The number of rotatable bonds is 1. The zero-order chi connectivity index (χ0) is 7.78. The van der Waals surface area contributed by atoms with Gasteiger partial charge in [-0.05, 0) is 12.8 Å². The molecule has 1 rings (SSSR count). The standard InChI is InChI=1S/C7H13NO2/c1-5-3-10-4-7(5,2)6(8)9/h5H,3-4H2,1-2H3,(H2,8,9).